The molecule has 3 N–H and O–H groups in total. The number of sulfonamides is 1. The van der Waals surface area contributed by atoms with Crippen LogP contribution in [-0.4, -0.2) is 21.5 Å². The van der Waals surface area contributed by atoms with Crippen LogP contribution in [0.2, 0.25) is 0 Å². The maximum Gasteiger partial charge on any atom is 0.242 e. The number of nitrogens with two attached hydrogens (primary N) is 1. The average Bonchev–Trinajstić information content (AvgIpc) is 2.29. The minimum absolute atomic E-state index is 0.209. The van der Waals surface area contributed by atoms with Crippen molar-refractivity contribution in [1.29, 1.82) is 0 Å². The summed E-state index contributed by atoms with van der Waals surface area (Å²) in [5, 5.41) is 0. The Balaban J connectivity index is 2.98. The first-order valence-corrected chi connectivity index (χ1v) is 8.26. The van der Waals surface area contributed by atoms with Crippen molar-refractivity contribution in [3.05, 3.63) is 38.8 Å². The summed E-state index contributed by atoms with van der Waals surface area (Å²) in [5.74, 6) is 0. The molecular formula is C11H14Br2N2O2S. The first kappa shape index (κ1) is 15.8. The van der Waals surface area contributed by atoms with E-state index in [0.717, 1.165) is 10.0 Å². The third-order valence-electron chi connectivity index (χ3n) is 2.20. The fourth-order valence-electron chi connectivity index (χ4n) is 1.25. The Kier molecular flexibility index (Phi) is 6.00. The van der Waals surface area contributed by atoms with E-state index in [0.29, 0.717) is 11.0 Å². The number of hydrogen-bond donors (Lipinski definition) is 2. The summed E-state index contributed by atoms with van der Waals surface area (Å²) in [5.41, 5.74) is 6.23. The van der Waals surface area contributed by atoms with Gasteiger partial charge in [-0.25, -0.2) is 13.1 Å². The maximum atomic E-state index is 12.1. The molecule has 1 rings (SSSR count). The van der Waals surface area contributed by atoms with Crippen LogP contribution in [0.1, 0.15) is 5.56 Å². The van der Waals surface area contributed by atoms with E-state index in [4.69, 9.17) is 5.73 Å². The van der Waals surface area contributed by atoms with Crippen LogP contribution in [0.4, 0.5) is 0 Å². The Labute approximate surface area is 124 Å². The first-order chi connectivity index (χ1) is 8.38. The van der Waals surface area contributed by atoms with Crippen LogP contribution in [0, 0.1) is 6.92 Å². The molecule has 0 heterocycles. The third-order valence-corrected chi connectivity index (χ3v) is 5.43. The number of benzene rings is 1. The molecule has 4 nitrogen and oxygen atoms in total. The quantitative estimate of drug-likeness (QED) is 0.748. The minimum Gasteiger partial charge on any atom is -0.327 e. The standard InChI is InChI=1S/C11H14Br2N2O2S/c1-8-6-10(13)11(7-9(8)12)18(16,17)15-5-3-2-4-14/h2-3,6-7,15H,4-5,14H2,1H3/b3-2+. The molecule has 0 spiro atoms. The normalized spacial score (nSPS) is 12.2. The van der Waals surface area contributed by atoms with Gasteiger partial charge in [-0.05, 0) is 40.5 Å². The van der Waals surface area contributed by atoms with Gasteiger partial charge in [-0.3, -0.25) is 0 Å². The van der Waals surface area contributed by atoms with Gasteiger partial charge >= 0.3 is 0 Å². The average molecular weight is 398 g/mol. The lowest BCUT2D eigenvalue weighted by atomic mass is 10.2. The van der Waals surface area contributed by atoms with Gasteiger partial charge in [0.2, 0.25) is 10.0 Å². The Hall–Kier alpha value is -0.210. The maximum absolute atomic E-state index is 12.1. The van der Waals surface area contributed by atoms with E-state index in [2.05, 4.69) is 36.6 Å². The fourth-order valence-corrected chi connectivity index (χ4v) is 3.90. The molecule has 0 aliphatic heterocycles. The number of rotatable bonds is 5. The van der Waals surface area contributed by atoms with Crippen LogP contribution in [-0.2, 0) is 10.0 Å². The van der Waals surface area contributed by atoms with Gasteiger partial charge in [0.1, 0.15) is 0 Å². The van der Waals surface area contributed by atoms with Gasteiger partial charge in [0.25, 0.3) is 0 Å². The highest BCUT2D eigenvalue weighted by atomic mass is 79.9. The molecular weight excluding hydrogens is 384 g/mol. The lowest BCUT2D eigenvalue weighted by molar-refractivity contribution is 0.585. The van der Waals surface area contributed by atoms with Crippen LogP contribution in [0.15, 0.2) is 38.1 Å². The summed E-state index contributed by atoms with van der Waals surface area (Å²) < 4.78 is 27.9. The zero-order valence-corrected chi connectivity index (χ0v) is 13.8. The van der Waals surface area contributed by atoms with Crippen LogP contribution in [0.3, 0.4) is 0 Å². The molecule has 100 valence electrons. The Morgan fingerprint density at radius 1 is 1.28 bits per heavy atom. The van der Waals surface area contributed by atoms with Gasteiger partial charge in [0.15, 0.2) is 0 Å². The Bertz CT molecular complexity index is 556. The molecule has 0 amide bonds. The smallest absolute Gasteiger partial charge is 0.242 e. The molecule has 0 atom stereocenters. The molecule has 1 aromatic carbocycles. The highest BCUT2D eigenvalue weighted by molar-refractivity contribution is 9.11. The molecule has 0 saturated heterocycles. The van der Waals surface area contributed by atoms with Gasteiger partial charge in [-0.2, -0.15) is 0 Å². The zero-order valence-electron chi connectivity index (χ0n) is 9.78. The summed E-state index contributed by atoms with van der Waals surface area (Å²) in [7, 11) is -3.53. The molecule has 0 bridgehead atoms. The summed E-state index contributed by atoms with van der Waals surface area (Å²) in [6.45, 7) is 2.50. The second-order valence-corrected chi connectivity index (χ2v) is 7.03. The number of nitrogens with one attached hydrogen (secondary N) is 1. The lowest BCUT2D eigenvalue weighted by Crippen LogP contribution is -2.24. The van der Waals surface area contributed by atoms with Gasteiger partial charge < -0.3 is 5.73 Å². The SMILES string of the molecule is Cc1cc(Br)c(S(=O)(=O)NC/C=C/CN)cc1Br. The zero-order chi connectivity index (χ0) is 13.8. The molecule has 0 aliphatic carbocycles. The van der Waals surface area contributed by atoms with E-state index in [9.17, 15) is 8.42 Å². The van der Waals surface area contributed by atoms with E-state index in [1.165, 1.54) is 0 Å². The Morgan fingerprint density at radius 2 is 1.94 bits per heavy atom. The summed E-state index contributed by atoms with van der Waals surface area (Å²) in [6.07, 6.45) is 3.37. The van der Waals surface area contributed by atoms with E-state index in [-0.39, 0.29) is 11.4 Å². The monoisotopic (exact) mass is 396 g/mol. The van der Waals surface area contributed by atoms with Crippen LogP contribution < -0.4 is 10.5 Å². The van der Waals surface area contributed by atoms with Crippen LogP contribution in [0.5, 0.6) is 0 Å². The van der Waals surface area contributed by atoms with Crippen molar-refractivity contribution in [2.24, 2.45) is 5.73 Å². The fraction of sp³-hybridized carbons (Fsp3) is 0.273. The van der Waals surface area contributed by atoms with Crippen molar-refractivity contribution in [2.75, 3.05) is 13.1 Å². The van der Waals surface area contributed by atoms with E-state index in [1.54, 1.807) is 24.3 Å². The van der Waals surface area contributed by atoms with Crippen molar-refractivity contribution in [2.45, 2.75) is 11.8 Å². The molecule has 7 heteroatoms. The molecule has 1 aromatic rings. The summed E-state index contributed by atoms with van der Waals surface area (Å²) in [4.78, 5) is 0.209. The van der Waals surface area contributed by atoms with E-state index in [1.807, 2.05) is 6.92 Å². The topological polar surface area (TPSA) is 72.2 Å². The van der Waals surface area contributed by atoms with Gasteiger partial charge in [-0.15, -0.1) is 0 Å². The lowest BCUT2D eigenvalue weighted by Gasteiger charge is -2.09. The second kappa shape index (κ2) is 6.81. The van der Waals surface area contributed by atoms with Gasteiger partial charge in [0.05, 0.1) is 4.90 Å². The van der Waals surface area contributed by atoms with Crippen molar-refractivity contribution in [3.63, 3.8) is 0 Å². The summed E-state index contributed by atoms with van der Waals surface area (Å²) in [6, 6.07) is 3.34. The first-order valence-electron chi connectivity index (χ1n) is 5.19. The molecule has 0 aromatic heterocycles. The predicted octanol–water partition coefficient (Wildman–Crippen LogP) is 2.31. The van der Waals surface area contributed by atoms with E-state index >= 15 is 0 Å². The Morgan fingerprint density at radius 3 is 2.56 bits per heavy atom. The number of hydrogen-bond acceptors (Lipinski definition) is 3. The minimum atomic E-state index is -3.53. The largest absolute Gasteiger partial charge is 0.327 e. The molecule has 0 aliphatic rings. The van der Waals surface area contributed by atoms with Gasteiger partial charge in [0, 0.05) is 22.0 Å². The van der Waals surface area contributed by atoms with Crippen molar-refractivity contribution in [1.82, 2.24) is 4.72 Å². The summed E-state index contributed by atoms with van der Waals surface area (Å²) >= 11 is 6.58. The highest BCUT2D eigenvalue weighted by Gasteiger charge is 2.17. The second-order valence-electron chi connectivity index (χ2n) is 3.59. The van der Waals surface area contributed by atoms with Crippen molar-refractivity contribution < 1.29 is 8.42 Å². The van der Waals surface area contributed by atoms with Crippen LogP contribution >= 0.6 is 31.9 Å². The predicted molar refractivity (Wildman–Crippen MR) is 80.0 cm³/mol. The highest BCUT2D eigenvalue weighted by Crippen LogP contribution is 2.28. The molecule has 18 heavy (non-hydrogen) atoms. The van der Waals surface area contributed by atoms with Crippen LogP contribution in [0.25, 0.3) is 0 Å². The molecule has 0 saturated carbocycles. The van der Waals surface area contributed by atoms with E-state index < -0.39 is 10.0 Å². The van der Waals surface area contributed by atoms with Crippen molar-refractivity contribution >= 4 is 41.9 Å². The number of halogens is 2. The van der Waals surface area contributed by atoms with Crippen molar-refractivity contribution in [3.8, 4) is 0 Å². The van der Waals surface area contributed by atoms with Gasteiger partial charge in [-0.1, -0.05) is 28.1 Å². The molecule has 0 fully saturated rings. The molecule has 0 radical (unpaired) electrons. The molecule has 0 unspecified atom stereocenters. The number of aryl methyl sites for hydroxylation is 1. The third kappa shape index (κ3) is 4.17.